The lowest BCUT2D eigenvalue weighted by Gasteiger charge is -2.09. The molecule has 0 unspecified atom stereocenters. The highest BCUT2D eigenvalue weighted by molar-refractivity contribution is 7.14. The number of carbonyl (C=O) groups excluding carboxylic acids is 1. The molecule has 1 amide bonds. The SMILES string of the molecule is COc1cccc(-c2csc(NC(=O)c3cc(C)cnc3-c3ccncc3)n2)n1. The van der Waals surface area contributed by atoms with Crippen molar-refractivity contribution in [2.45, 2.75) is 6.92 Å². The van der Waals surface area contributed by atoms with Crippen LogP contribution in [0.1, 0.15) is 15.9 Å². The highest BCUT2D eigenvalue weighted by Crippen LogP contribution is 2.27. The van der Waals surface area contributed by atoms with E-state index in [1.165, 1.54) is 11.3 Å². The van der Waals surface area contributed by atoms with Crippen LogP contribution in [0.2, 0.25) is 0 Å². The van der Waals surface area contributed by atoms with E-state index in [1.807, 2.05) is 42.6 Å². The summed E-state index contributed by atoms with van der Waals surface area (Å²) >= 11 is 1.33. The number of ether oxygens (including phenoxy) is 1. The van der Waals surface area contributed by atoms with E-state index in [2.05, 4.69) is 25.3 Å². The third-order valence-corrected chi connectivity index (χ3v) is 4.90. The molecule has 4 aromatic rings. The molecule has 4 heterocycles. The molecule has 0 atom stereocenters. The van der Waals surface area contributed by atoms with E-state index in [4.69, 9.17) is 4.74 Å². The average molecular weight is 403 g/mol. The molecule has 0 saturated carbocycles. The Morgan fingerprint density at radius 2 is 1.93 bits per heavy atom. The first kappa shape index (κ1) is 18.7. The summed E-state index contributed by atoms with van der Waals surface area (Å²) in [5.74, 6) is 0.237. The van der Waals surface area contributed by atoms with Gasteiger partial charge in [0.1, 0.15) is 5.69 Å². The standard InChI is InChI=1S/C21H17N5O2S/c1-13-10-15(19(23-11-13)14-6-8-22-9-7-14)20(27)26-21-25-17(12-29-21)16-4-3-5-18(24-16)28-2/h3-12H,1-2H3,(H,25,26,27). The van der Waals surface area contributed by atoms with Gasteiger partial charge in [0.25, 0.3) is 5.91 Å². The molecule has 7 nitrogen and oxygen atoms in total. The zero-order valence-electron chi connectivity index (χ0n) is 15.8. The lowest BCUT2D eigenvalue weighted by atomic mass is 10.0. The first-order chi connectivity index (χ1) is 14.1. The Kier molecular flexibility index (Phi) is 5.26. The van der Waals surface area contributed by atoms with Crippen LogP contribution in [-0.2, 0) is 0 Å². The van der Waals surface area contributed by atoms with Crippen molar-refractivity contribution >= 4 is 22.4 Å². The minimum absolute atomic E-state index is 0.271. The molecule has 0 aromatic carbocycles. The Morgan fingerprint density at radius 1 is 1.10 bits per heavy atom. The third kappa shape index (κ3) is 4.12. The van der Waals surface area contributed by atoms with E-state index < -0.39 is 0 Å². The number of nitrogens with zero attached hydrogens (tertiary/aromatic N) is 4. The molecule has 8 heteroatoms. The second-order valence-electron chi connectivity index (χ2n) is 6.20. The van der Waals surface area contributed by atoms with Gasteiger partial charge >= 0.3 is 0 Å². The molecule has 4 rings (SSSR count). The predicted octanol–water partition coefficient (Wildman–Crippen LogP) is 4.23. The molecule has 1 N–H and O–H groups in total. The fourth-order valence-electron chi connectivity index (χ4n) is 2.77. The van der Waals surface area contributed by atoms with Crippen molar-refractivity contribution in [2.75, 3.05) is 12.4 Å². The normalized spacial score (nSPS) is 10.6. The van der Waals surface area contributed by atoms with Gasteiger partial charge in [-0.15, -0.1) is 11.3 Å². The smallest absolute Gasteiger partial charge is 0.259 e. The van der Waals surface area contributed by atoms with Crippen LogP contribution in [0.25, 0.3) is 22.6 Å². The summed E-state index contributed by atoms with van der Waals surface area (Å²) in [6.07, 6.45) is 5.09. The number of carbonyl (C=O) groups is 1. The van der Waals surface area contributed by atoms with E-state index in [-0.39, 0.29) is 5.91 Å². The van der Waals surface area contributed by atoms with E-state index >= 15 is 0 Å². The van der Waals surface area contributed by atoms with Gasteiger partial charge in [0.2, 0.25) is 5.88 Å². The summed E-state index contributed by atoms with van der Waals surface area (Å²) < 4.78 is 5.16. The summed E-state index contributed by atoms with van der Waals surface area (Å²) in [5, 5.41) is 5.19. The largest absolute Gasteiger partial charge is 0.481 e. The number of hydrogen-bond acceptors (Lipinski definition) is 7. The van der Waals surface area contributed by atoms with Gasteiger partial charge in [0.05, 0.1) is 24.1 Å². The zero-order chi connectivity index (χ0) is 20.2. The van der Waals surface area contributed by atoms with Crippen molar-refractivity contribution in [3.63, 3.8) is 0 Å². The summed E-state index contributed by atoms with van der Waals surface area (Å²) in [5.41, 5.74) is 4.14. The van der Waals surface area contributed by atoms with Crippen LogP contribution in [-0.4, -0.2) is 33.0 Å². The third-order valence-electron chi connectivity index (χ3n) is 4.14. The second kappa shape index (κ2) is 8.15. The van der Waals surface area contributed by atoms with Crippen molar-refractivity contribution in [1.82, 2.24) is 19.9 Å². The minimum Gasteiger partial charge on any atom is -0.481 e. The maximum atomic E-state index is 13.0. The van der Waals surface area contributed by atoms with Crippen molar-refractivity contribution in [1.29, 1.82) is 0 Å². The van der Waals surface area contributed by atoms with Crippen LogP contribution in [0.15, 0.2) is 60.4 Å². The van der Waals surface area contributed by atoms with Crippen LogP contribution >= 0.6 is 11.3 Å². The summed E-state index contributed by atoms with van der Waals surface area (Å²) in [6.45, 7) is 1.90. The average Bonchev–Trinajstić information content (AvgIpc) is 3.23. The van der Waals surface area contributed by atoms with Gasteiger partial charge < -0.3 is 4.74 Å². The number of aromatic nitrogens is 4. The number of rotatable bonds is 5. The fraction of sp³-hybridized carbons (Fsp3) is 0.0952. The number of anilines is 1. The summed E-state index contributed by atoms with van der Waals surface area (Å²) in [6, 6.07) is 10.9. The monoisotopic (exact) mass is 403 g/mol. The lowest BCUT2D eigenvalue weighted by Crippen LogP contribution is -2.14. The molecule has 144 valence electrons. The van der Waals surface area contributed by atoms with Crippen LogP contribution in [0.4, 0.5) is 5.13 Å². The molecule has 29 heavy (non-hydrogen) atoms. The highest BCUT2D eigenvalue weighted by atomic mass is 32.1. The molecule has 0 aliphatic carbocycles. The number of hydrogen-bond donors (Lipinski definition) is 1. The number of thiazole rings is 1. The lowest BCUT2D eigenvalue weighted by molar-refractivity contribution is 0.102. The van der Waals surface area contributed by atoms with Gasteiger partial charge in [-0.05, 0) is 36.8 Å². The molecule has 0 saturated heterocycles. The van der Waals surface area contributed by atoms with Gasteiger partial charge in [0.15, 0.2) is 5.13 Å². The predicted molar refractivity (Wildman–Crippen MR) is 112 cm³/mol. The Labute approximate surface area is 171 Å². The molecule has 0 bridgehead atoms. The first-order valence-corrected chi connectivity index (χ1v) is 9.67. The van der Waals surface area contributed by atoms with Gasteiger partial charge in [0, 0.05) is 35.6 Å². The maximum absolute atomic E-state index is 13.0. The number of amides is 1. The molecular formula is C21H17N5O2S. The Bertz CT molecular complexity index is 1160. The molecule has 0 fully saturated rings. The van der Waals surface area contributed by atoms with E-state index in [9.17, 15) is 4.79 Å². The van der Waals surface area contributed by atoms with E-state index in [0.717, 1.165) is 11.1 Å². The van der Waals surface area contributed by atoms with E-state index in [0.29, 0.717) is 33.7 Å². The number of aryl methyl sites for hydroxylation is 1. The van der Waals surface area contributed by atoms with Crippen molar-refractivity contribution in [3.8, 4) is 28.5 Å². The van der Waals surface area contributed by atoms with Crippen LogP contribution in [0.5, 0.6) is 5.88 Å². The molecule has 0 radical (unpaired) electrons. The summed E-state index contributed by atoms with van der Waals surface area (Å²) in [7, 11) is 1.56. The van der Waals surface area contributed by atoms with Crippen LogP contribution in [0, 0.1) is 6.92 Å². The second-order valence-corrected chi connectivity index (χ2v) is 7.06. The molecule has 0 spiro atoms. The van der Waals surface area contributed by atoms with Crippen molar-refractivity contribution in [2.24, 2.45) is 0 Å². The fourth-order valence-corrected chi connectivity index (χ4v) is 3.47. The van der Waals surface area contributed by atoms with Gasteiger partial charge in [-0.3, -0.25) is 20.1 Å². The van der Waals surface area contributed by atoms with Crippen molar-refractivity contribution < 1.29 is 9.53 Å². The number of pyridine rings is 3. The molecule has 0 aliphatic heterocycles. The van der Waals surface area contributed by atoms with Crippen LogP contribution in [0.3, 0.4) is 0 Å². The molecule has 0 aliphatic rings. The first-order valence-electron chi connectivity index (χ1n) is 8.79. The van der Waals surface area contributed by atoms with Gasteiger partial charge in [-0.2, -0.15) is 0 Å². The molecule has 4 aromatic heterocycles. The minimum atomic E-state index is -0.271. The van der Waals surface area contributed by atoms with Gasteiger partial charge in [-0.25, -0.2) is 9.97 Å². The Hall–Kier alpha value is -3.65. The highest BCUT2D eigenvalue weighted by Gasteiger charge is 2.17. The van der Waals surface area contributed by atoms with Crippen LogP contribution < -0.4 is 10.1 Å². The Morgan fingerprint density at radius 3 is 2.72 bits per heavy atom. The van der Waals surface area contributed by atoms with E-state index in [1.54, 1.807) is 31.8 Å². The zero-order valence-corrected chi connectivity index (χ0v) is 16.6. The molecular weight excluding hydrogens is 386 g/mol. The topological polar surface area (TPSA) is 89.9 Å². The summed E-state index contributed by atoms with van der Waals surface area (Å²) in [4.78, 5) is 30.3. The maximum Gasteiger partial charge on any atom is 0.259 e. The number of nitrogens with one attached hydrogen (secondary N) is 1. The quantitative estimate of drug-likeness (QED) is 0.536. The number of methoxy groups -OCH3 is 1. The Balaban J connectivity index is 1.61. The van der Waals surface area contributed by atoms with Gasteiger partial charge in [-0.1, -0.05) is 6.07 Å². The van der Waals surface area contributed by atoms with Crippen molar-refractivity contribution in [3.05, 3.63) is 71.5 Å².